The van der Waals surface area contributed by atoms with Gasteiger partial charge in [0.15, 0.2) is 0 Å². The van der Waals surface area contributed by atoms with Crippen LogP contribution in [0.2, 0.25) is 0 Å². The van der Waals surface area contributed by atoms with Gasteiger partial charge in [-0.05, 0) is 43.4 Å². The van der Waals surface area contributed by atoms with Crippen molar-refractivity contribution in [2.45, 2.75) is 32.9 Å². The van der Waals surface area contributed by atoms with Crippen molar-refractivity contribution in [3.05, 3.63) is 16.2 Å². The molecule has 0 unspecified atom stereocenters. The topological polar surface area (TPSA) is 74.6 Å². The lowest BCUT2D eigenvalue weighted by molar-refractivity contribution is 0.0383. The summed E-state index contributed by atoms with van der Waals surface area (Å²) in [4.78, 5) is 15.5. The summed E-state index contributed by atoms with van der Waals surface area (Å²) in [5.74, 6) is 0. The van der Waals surface area contributed by atoms with Crippen molar-refractivity contribution in [1.29, 1.82) is 0 Å². The van der Waals surface area contributed by atoms with E-state index in [1.165, 1.54) is 0 Å². The number of amides is 1. The van der Waals surface area contributed by atoms with Gasteiger partial charge in [-0.3, -0.25) is 0 Å². The Bertz CT molecular complexity index is 446. The number of alkyl carbamates (subject to hydrolysis) is 1. The molecule has 1 rings (SSSR count). The van der Waals surface area contributed by atoms with Gasteiger partial charge in [-0.1, -0.05) is 0 Å². The Morgan fingerprint density at radius 2 is 1.95 bits per heavy atom. The third-order valence-corrected chi connectivity index (χ3v) is 2.94. The van der Waals surface area contributed by atoms with Crippen molar-refractivity contribution in [3.63, 3.8) is 0 Å². The molecule has 0 bridgehead atoms. The lowest BCUT2D eigenvalue weighted by Gasteiger charge is -2.19. The van der Waals surface area contributed by atoms with Crippen LogP contribution in [0.1, 0.15) is 20.8 Å². The van der Waals surface area contributed by atoms with Crippen LogP contribution in [0.15, 0.2) is 12.5 Å². The second-order valence-corrected chi connectivity index (χ2v) is 6.69. The van der Waals surface area contributed by atoms with Crippen LogP contribution in [0.25, 0.3) is 0 Å². The Morgan fingerprint density at radius 1 is 1.27 bits per heavy atom. The first kappa shape index (κ1) is 19.2. The summed E-state index contributed by atoms with van der Waals surface area (Å²) >= 11 is 2.17. The van der Waals surface area contributed by atoms with Gasteiger partial charge in [-0.25, -0.2) is 9.78 Å². The van der Waals surface area contributed by atoms with E-state index >= 15 is 0 Å². The van der Waals surface area contributed by atoms with Crippen LogP contribution in [-0.4, -0.2) is 54.2 Å². The fraction of sp³-hybridized carbons (Fsp3) is 0.714. The summed E-state index contributed by atoms with van der Waals surface area (Å²) in [5.41, 5.74) is -0.480. The predicted octanol–water partition coefficient (Wildman–Crippen LogP) is 2.05. The molecule has 0 radical (unpaired) electrons. The maximum absolute atomic E-state index is 11.3. The van der Waals surface area contributed by atoms with Gasteiger partial charge in [0.1, 0.15) is 9.30 Å². The number of aromatic nitrogens is 2. The molecule has 0 saturated carbocycles. The Balaban J connectivity index is 1.88. The van der Waals surface area contributed by atoms with Crippen molar-refractivity contribution in [1.82, 2.24) is 14.9 Å². The van der Waals surface area contributed by atoms with Gasteiger partial charge in [-0.15, -0.1) is 0 Å². The standard InChI is InChI=1S/C14H24IN3O4/c1-14(2,3)22-13(19)16-4-6-20-8-9-21-7-5-18-10-12(15)17-11-18/h10-11H,4-9H2,1-3H3,(H,16,19). The Morgan fingerprint density at radius 3 is 2.55 bits per heavy atom. The fourth-order valence-electron chi connectivity index (χ4n) is 1.49. The average molecular weight is 425 g/mol. The first-order valence-electron chi connectivity index (χ1n) is 7.16. The zero-order chi connectivity index (χ0) is 16.4. The molecule has 7 nitrogen and oxygen atoms in total. The second kappa shape index (κ2) is 10.0. The van der Waals surface area contributed by atoms with Gasteiger partial charge >= 0.3 is 6.09 Å². The lowest BCUT2D eigenvalue weighted by Crippen LogP contribution is -2.34. The van der Waals surface area contributed by atoms with Crippen molar-refractivity contribution in [2.75, 3.05) is 33.0 Å². The number of nitrogens with zero attached hydrogens (tertiary/aromatic N) is 2. The minimum absolute atomic E-state index is 0.419. The number of rotatable bonds is 9. The molecule has 1 aromatic heterocycles. The minimum atomic E-state index is -0.480. The summed E-state index contributed by atoms with van der Waals surface area (Å²) < 4.78 is 18.9. The fourth-order valence-corrected chi connectivity index (χ4v) is 1.97. The quantitative estimate of drug-likeness (QED) is 0.484. The minimum Gasteiger partial charge on any atom is -0.444 e. The number of ether oxygens (including phenoxy) is 3. The molecule has 1 heterocycles. The van der Waals surface area contributed by atoms with Crippen LogP contribution in [0.4, 0.5) is 4.79 Å². The van der Waals surface area contributed by atoms with Gasteiger partial charge in [0, 0.05) is 19.3 Å². The van der Waals surface area contributed by atoms with Gasteiger partial charge in [0.2, 0.25) is 0 Å². The van der Waals surface area contributed by atoms with Crippen LogP contribution in [-0.2, 0) is 20.8 Å². The van der Waals surface area contributed by atoms with E-state index in [1.54, 1.807) is 6.33 Å². The maximum Gasteiger partial charge on any atom is 0.407 e. The molecule has 0 aliphatic heterocycles. The summed E-state index contributed by atoms with van der Waals surface area (Å²) in [7, 11) is 0. The highest BCUT2D eigenvalue weighted by Crippen LogP contribution is 2.06. The number of halogens is 1. The van der Waals surface area contributed by atoms with Crippen LogP contribution in [0, 0.1) is 3.70 Å². The molecule has 0 fully saturated rings. The summed E-state index contributed by atoms with van der Waals surface area (Å²) in [6.07, 6.45) is 3.31. The molecular weight excluding hydrogens is 401 g/mol. The zero-order valence-electron chi connectivity index (χ0n) is 13.3. The van der Waals surface area contributed by atoms with E-state index in [2.05, 4.69) is 32.9 Å². The monoisotopic (exact) mass is 425 g/mol. The largest absolute Gasteiger partial charge is 0.444 e. The lowest BCUT2D eigenvalue weighted by atomic mass is 10.2. The van der Waals surface area contributed by atoms with Crippen molar-refractivity contribution < 1.29 is 19.0 Å². The third-order valence-electron chi connectivity index (χ3n) is 2.38. The highest BCUT2D eigenvalue weighted by atomic mass is 127. The molecular formula is C14H24IN3O4. The number of imidazole rings is 1. The van der Waals surface area contributed by atoms with Crippen LogP contribution >= 0.6 is 22.6 Å². The molecule has 0 aromatic carbocycles. The Kier molecular flexibility index (Phi) is 8.72. The second-order valence-electron chi connectivity index (χ2n) is 5.59. The molecule has 8 heteroatoms. The van der Waals surface area contributed by atoms with Gasteiger partial charge in [0.25, 0.3) is 0 Å². The van der Waals surface area contributed by atoms with Crippen LogP contribution in [0.5, 0.6) is 0 Å². The highest BCUT2D eigenvalue weighted by Gasteiger charge is 2.15. The van der Waals surface area contributed by atoms with Crippen LogP contribution < -0.4 is 5.32 Å². The van der Waals surface area contributed by atoms with Crippen molar-refractivity contribution in [3.8, 4) is 0 Å². The Hall–Kier alpha value is -0.870. The van der Waals surface area contributed by atoms with Crippen LogP contribution in [0.3, 0.4) is 0 Å². The summed E-state index contributed by atoms with van der Waals surface area (Å²) in [6.45, 7) is 8.74. The molecule has 0 aliphatic rings. The van der Waals surface area contributed by atoms with E-state index in [1.807, 2.05) is 31.5 Å². The van der Waals surface area contributed by atoms with Crippen molar-refractivity contribution >= 4 is 28.7 Å². The molecule has 1 amide bonds. The van der Waals surface area contributed by atoms with E-state index < -0.39 is 11.7 Å². The van der Waals surface area contributed by atoms with Crippen molar-refractivity contribution in [2.24, 2.45) is 0 Å². The predicted molar refractivity (Wildman–Crippen MR) is 90.8 cm³/mol. The van der Waals surface area contributed by atoms with E-state index in [4.69, 9.17) is 14.2 Å². The normalized spacial score (nSPS) is 11.5. The van der Waals surface area contributed by atoms with Gasteiger partial charge < -0.3 is 24.1 Å². The average Bonchev–Trinajstić information content (AvgIpc) is 2.80. The summed E-state index contributed by atoms with van der Waals surface area (Å²) in [6, 6.07) is 0. The molecule has 0 saturated heterocycles. The first-order chi connectivity index (χ1) is 10.4. The molecule has 0 atom stereocenters. The van der Waals surface area contributed by atoms with E-state index in [9.17, 15) is 4.79 Å². The number of carbonyl (C=O) groups is 1. The number of hydrogen-bond acceptors (Lipinski definition) is 5. The molecule has 1 N–H and O–H groups in total. The van der Waals surface area contributed by atoms with E-state index in [-0.39, 0.29) is 0 Å². The third kappa shape index (κ3) is 9.96. The number of carbonyl (C=O) groups excluding carboxylic acids is 1. The highest BCUT2D eigenvalue weighted by molar-refractivity contribution is 14.1. The Labute approximate surface area is 144 Å². The number of nitrogens with one attached hydrogen (secondary N) is 1. The SMILES string of the molecule is CC(C)(C)OC(=O)NCCOCCOCCn1cnc(I)c1. The first-order valence-corrected chi connectivity index (χ1v) is 8.24. The smallest absolute Gasteiger partial charge is 0.407 e. The molecule has 0 aliphatic carbocycles. The zero-order valence-corrected chi connectivity index (χ0v) is 15.5. The molecule has 22 heavy (non-hydrogen) atoms. The number of hydrogen-bond donors (Lipinski definition) is 1. The van der Waals surface area contributed by atoms with E-state index in [0.717, 1.165) is 10.2 Å². The molecule has 126 valence electrons. The van der Waals surface area contributed by atoms with Gasteiger partial charge in [0.05, 0.1) is 32.8 Å². The maximum atomic E-state index is 11.3. The van der Waals surface area contributed by atoms with E-state index in [0.29, 0.717) is 33.0 Å². The molecule has 1 aromatic rings. The summed E-state index contributed by atoms with van der Waals surface area (Å²) in [5, 5.41) is 2.63. The molecule has 0 spiro atoms. The van der Waals surface area contributed by atoms with Gasteiger partial charge in [-0.2, -0.15) is 0 Å².